The number of benzene rings is 1. The van der Waals surface area contributed by atoms with Crippen molar-refractivity contribution in [2.24, 2.45) is 0 Å². The van der Waals surface area contributed by atoms with Crippen LogP contribution in [0.1, 0.15) is 6.92 Å². The van der Waals surface area contributed by atoms with E-state index in [0.717, 1.165) is 15.4 Å². The molecule has 2 aromatic rings. The lowest BCUT2D eigenvalue weighted by Gasteiger charge is -2.06. The molecule has 0 fully saturated rings. The maximum Gasteiger partial charge on any atom is 0.140 e. The van der Waals surface area contributed by atoms with E-state index >= 15 is 0 Å². The number of rotatable bonds is 2. The average molecular weight is 287 g/mol. The van der Waals surface area contributed by atoms with Gasteiger partial charge in [0.1, 0.15) is 5.75 Å². The molecule has 0 saturated heterocycles. The van der Waals surface area contributed by atoms with Crippen LogP contribution in [0.3, 0.4) is 0 Å². The van der Waals surface area contributed by atoms with Gasteiger partial charge in [-0.15, -0.1) is 0 Å². The third-order valence-corrected chi connectivity index (χ3v) is 2.73. The molecule has 1 aromatic carbocycles. The highest BCUT2D eigenvalue weighted by molar-refractivity contribution is 9.10. The van der Waals surface area contributed by atoms with Gasteiger partial charge in [-0.05, 0) is 35.0 Å². The number of hydrogen-bond acceptors (Lipinski definition) is 2. The zero-order valence-electron chi connectivity index (χ0n) is 8.13. The minimum Gasteiger partial charge on any atom is -0.492 e. The van der Waals surface area contributed by atoms with Crippen LogP contribution in [0, 0.1) is 0 Å². The van der Waals surface area contributed by atoms with E-state index in [1.165, 1.54) is 0 Å². The van der Waals surface area contributed by atoms with Gasteiger partial charge < -0.3 is 4.74 Å². The molecule has 0 unspecified atom stereocenters. The topological polar surface area (TPSA) is 22.1 Å². The predicted molar refractivity (Wildman–Crippen MR) is 65.6 cm³/mol. The normalized spacial score (nSPS) is 10.6. The Morgan fingerprint density at radius 2 is 2.20 bits per heavy atom. The van der Waals surface area contributed by atoms with E-state index in [-0.39, 0.29) is 0 Å². The van der Waals surface area contributed by atoms with Gasteiger partial charge in [0, 0.05) is 22.1 Å². The van der Waals surface area contributed by atoms with Crippen molar-refractivity contribution in [2.45, 2.75) is 6.92 Å². The second-order valence-corrected chi connectivity index (χ2v) is 4.38. The summed E-state index contributed by atoms with van der Waals surface area (Å²) in [6.45, 7) is 2.53. The van der Waals surface area contributed by atoms with Gasteiger partial charge >= 0.3 is 0 Å². The molecule has 0 bridgehead atoms. The van der Waals surface area contributed by atoms with E-state index in [2.05, 4.69) is 20.9 Å². The van der Waals surface area contributed by atoms with Gasteiger partial charge in [-0.3, -0.25) is 4.98 Å². The van der Waals surface area contributed by atoms with Crippen molar-refractivity contribution in [2.75, 3.05) is 6.61 Å². The van der Waals surface area contributed by atoms with Gasteiger partial charge in [0.2, 0.25) is 0 Å². The Hall–Kier alpha value is -0.800. The number of aromatic nitrogens is 1. The van der Waals surface area contributed by atoms with Gasteiger partial charge in [0.25, 0.3) is 0 Å². The molecule has 15 heavy (non-hydrogen) atoms. The number of ether oxygens (including phenoxy) is 1. The molecule has 0 radical (unpaired) electrons. The van der Waals surface area contributed by atoms with Crippen molar-refractivity contribution in [1.29, 1.82) is 0 Å². The van der Waals surface area contributed by atoms with Gasteiger partial charge in [0.05, 0.1) is 17.1 Å². The van der Waals surface area contributed by atoms with Crippen molar-refractivity contribution in [1.82, 2.24) is 4.98 Å². The largest absolute Gasteiger partial charge is 0.492 e. The Morgan fingerprint density at radius 1 is 1.40 bits per heavy atom. The van der Waals surface area contributed by atoms with Crippen LogP contribution in [0.4, 0.5) is 0 Å². The van der Waals surface area contributed by atoms with E-state index in [0.29, 0.717) is 17.4 Å². The molecular formula is C11H9BrClNO. The monoisotopic (exact) mass is 285 g/mol. The lowest BCUT2D eigenvalue weighted by molar-refractivity contribution is 0.341. The SMILES string of the molecule is CCOc1cc2ncc(Br)cc2cc1Cl. The molecule has 0 N–H and O–H groups in total. The lowest BCUT2D eigenvalue weighted by atomic mass is 10.2. The third kappa shape index (κ3) is 2.24. The van der Waals surface area contributed by atoms with E-state index in [4.69, 9.17) is 16.3 Å². The highest BCUT2D eigenvalue weighted by atomic mass is 79.9. The van der Waals surface area contributed by atoms with Crippen molar-refractivity contribution in [3.8, 4) is 5.75 Å². The van der Waals surface area contributed by atoms with Crippen LogP contribution >= 0.6 is 27.5 Å². The fourth-order valence-electron chi connectivity index (χ4n) is 1.37. The molecule has 0 aliphatic rings. The second-order valence-electron chi connectivity index (χ2n) is 3.06. The highest BCUT2D eigenvalue weighted by Crippen LogP contribution is 2.30. The molecule has 1 heterocycles. The number of halogens is 2. The first-order valence-corrected chi connectivity index (χ1v) is 5.75. The summed E-state index contributed by atoms with van der Waals surface area (Å²) in [5.74, 6) is 0.682. The van der Waals surface area contributed by atoms with Gasteiger partial charge in [0.15, 0.2) is 0 Å². The summed E-state index contributed by atoms with van der Waals surface area (Å²) in [5, 5.41) is 1.61. The Morgan fingerprint density at radius 3 is 2.93 bits per heavy atom. The minimum atomic E-state index is 0.599. The van der Waals surface area contributed by atoms with Crippen LogP contribution in [0.2, 0.25) is 5.02 Å². The van der Waals surface area contributed by atoms with Gasteiger partial charge in [-0.25, -0.2) is 0 Å². The van der Waals surface area contributed by atoms with Crippen LogP contribution < -0.4 is 4.74 Å². The number of nitrogens with zero attached hydrogens (tertiary/aromatic N) is 1. The smallest absolute Gasteiger partial charge is 0.140 e. The van der Waals surface area contributed by atoms with Crippen molar-refractivity contribution >= 4 is 38.4 Å². The first-order valence-electron chi connectivity index (χ1n) is 4.58. The molecule has 0 saturated carbocycles. The van der Waals surface area contributed by atoms with E-state index in [1.54, 1.807) is 6.20 Å². The van der Waals surface area contributed by atoms with Crippen molar-refractivity contribution in [3.63, 3.8) is 0 Å². The number of pyridine rings is 1. The van der Waals surface area contributed by atoms with E-state index in [9.17, 15) is 0 Å². The lowest BCUT2D eigenvalue weighted by Crippen LogP contribution is -1.92. The Kier molecular flexibility index (Phi) is 3.12. The summed E-state index contributed by atoms with van der Waals surface area (Å²) in [7, 11) is 0. The van der Waals surface area contributed by atoms with Crippen LogP contribution in [0.15, 0.2) is 28.9 Å². The second kappa shape index (κ2) is 4.37. The molecule has 0 aliphatic heterocycles. The van der Waals surface area contributed by atoms with Crippen LogP contribution in [0.25, 0.3) is 10.9 Å². The number of fused-ring (bicyclic) bond motifs is 1. The zero-order chi connectivity index (χ0) is 10.8. The summed E-state index contributed by atoms with van der Waals surface area (Å²) in [6.07, 6.45) is 1.76. The third-order valence-electron chi connectivity index (χ3n) is 2.00. The zero-order valence-corrected chi connectivity index (χ0v) is 10.5. The fourth-order valence-corrected chi connectivity index (χ4v) is 1.94. The first kappa shape index (κ1) is 10.7. The summed E-state index contributed by atoms with van der Waals surface area (Å²) in [6, 6.07) is 5.69. The summed E-state index contributed by atoms with van der Waals surface area (Å²) >= 11 is 9.44. The molecule has 2 nitrogen and oxygen atoms in total. The van der Waals surface area contributed by atoms with E-state index in [1.807, 2.05) is 25.1 Å². The summed E-state index contributed by atoms with van der Waals surface area (Å²) < 4.78 is 6.33. The standard InChI is InChI=1S/C11H9BrClNO/c1-2-15-11-5-10-7(4-9(11)13)3-8(12)6-14-10/h3-6H,2H2,1H3. The summed E-state index contributed by atoms with van der Waals surface area (Å²) in [5.41, 5.74) is 0.881. The molecule has 78 valence electrons. The Bertz CT molecular complexity index is 501. The van der Waals surface area contributed by atoms with Crippen LogP contribution in [-0.4, -0.2) is 11.6 Å². The molecule has 2 rings (SSSR count). The van der Waals surface area contributed by atoms with Crippen LogP contribution in [0.5, 0.6) is 5.75 Å². The Balaban J connectivity index is 2.60. The van der Waals surface area contributed by atoms with Gasteiger partial charge in [-0.1, -0.05) is 11.6 Å². The average Bonchev–Trinajstić information content (AvgIpc) is 2.20. The molecule has 4 heteroatoms. The number of hydrogen-bond donors (Lipinski definition) is 0. The summed E-state index contributed by atoms with van der Waals surface area (Å²) in [4.78, 5) is 4.28. The fraction of sp³-hybridized carbons (Fsp3) is 0.182. The van der Waals surface area contributed by atoms with Crippen LogP contribution in [-0.2, 0) is 0 Å². The molecule has 0 amide bonds. The predicted octanol–water partition coefficient (Wildman–Crippen LogP) is 4.05. The quantitative estimate of drug-likeness (QED) is 0.831. The van der Waals surface area contributed by atoms with Crippen molar-refractivity contribution in [3.05, 3.63) is 33.9 Å². The minimum absolute atomic E-state index is 0.599. The maximum absolute atomic E-state index is 6.07. The molecule has 1 aromatic heterocycles. The Labute approximate surface area is 101 Å². The van der Waals surface area contributed by atoms with Gasteiger partial charge in [-0.2, -0.15) is 0 Å². The maximum atomic E-state index is 6.07. The van der Waals surface area contributed by atoms with E-state index < -0.39 is 0 Å². The molecule has 0 atom stereocenters. The molecule has 0 aliphatic carbocycles. The first-order chi connectivity index (χ1) is 7.20. The molecular weight excluding hydrogens is 277 g/mol. The van der Waals surface area contributed by atoms with Crippen molar-refractivity contribution < 1.29 is 4.74 Å². The highest BCUT2D eigenvalue weighted by Gasteiger charge is 2.04. The molecule has 0 spiro atoms.